The maximum Gasteiger partial charge on any atom is 0.280 e. The van der Waals surface area contributed by atoms with Gasteiger partial charge in [-0.05, 0) is 54.2 Å². The predicted molar refractivity (Wildman–Crippen MR) is 118 cm³/mol. The predicted octanol–water partition coefficient (Wildman–Crippen LogP) is 4.64. The van der Waals surface area contributed by atoms with E-state index in [1.807, 2.05) is 30.3 Å². The highest BCUT2D eigenvalue weighted by Gasteiger charge is 2.35. The van der Waals surface area contributed by atoms with Crippen LogP contribution in [0.4, 0.5) is 5.69 Å². The van der Waals surface area contributed by atoms with Crippen molar-refractivity contribution < 1.29 is 9.59 Å². The number of carbonyl (C=O) groups is 2. The molecule has 1 aromatic heterocycles. The molecule has 1 heterocycles. The van der Waals surface area contributed by atoms with E-state index in [1.165, 1.54) is 4.90 Å². The zero-order valence-electron chi connectivity index (χ0n) is 16.2. The molecular weight excluding hydrogens is 420 g/mol. The van der Waals surface area contributed by atoms with Crippen LogP contribution in [-0.4, -0.2) is 27.4 Å². The molecular formula is C22H21ClN4O2S. The highest BCUT2D eigenvalue weighted by Crippen LogP contribution is 2.31. The maximum absolute atomic E-state index is 13.5. The zero-order chi connectivity index (χ0) is 20.9. The Balaban J connectivity index is 1.78. The summed E-state index contributed by atoms with van der Waals surface area (Å²) in [6.45, 7) is 0. The third kappa shape index (κ3) is 4.52. The van der Waals surface area contributed by atoms with Crippen LogP contribution < -0.4 is 10.2 Å². The molecule has 8 heteroatoms. The molecule has 1 fully saturated rings. The molecule has 0 radical (unpaired) electrons. The Labute approximate surface area is 184 Å². The van der Waals surface area contributed by atoms with Crippen molar-refractivity contribution in [1.29, 1.82) is 0 Å². The summed E-state index contributed by atoms with van der Waals surface area (Å²) in [5.41, 5.74) is 1.48. The lowest BCUT2D eigenvalue weighted by Crippen LogP contribution is -2.46. The quantitative estimate of drug-likeness (QED) is 0.606. The van der Waals surface area contributed by atoms with Crippen LogP contribution in [0.2, 0.25) is 5.02 Å². The Morgan fingerprint density at radius 1 is 1.07 bits per heavy atom. The van der Waals surface area contributed by atoms with Crippen molar-refractivity contribution in [3.8, 4) is 0 Å². The van der Waals surface area contributed by atoms with Gasteiger partial charge in [0.15, 0.2) is 5.69 Å². The molecule has 1 N–H and O–H groups in total. The summed E-state index contributed by atoms with van der Waals surface area (Å²) in [4.78, 5) is 28.4. The smallest absolute Gasteiger partial charge is 0.280 e. The van der Waals surface area contributed by atoms with Crippen molar-refractivity contribution in [2.24, 2.45) is 0 Å². The minimum atomic E-state index is -0.845. The van der Waals surface area contributed by atoms with Crippen molar-refractivity contribution in [2.75, 3.05) is 4.90 Å². The molecule has 4 rings (SSSR count). The molecule has 2 amide bonds. The summed E-state index contributed by atoms with van der Waals surface area (Å²) >= 11 is 7.16. The molecule has 1 aliphatic carbocycles. The first-order chi connectivity index (χ1) is 14.6. The van der Waals surface area contributed by atoms with E-state index < -0.39 is 6.04 Å². The van der Waals surface area contributed by atoms with Gasteiger partial charge in [-0.1, -0.05) is 59.3 Å². The minimum absolute atomic E-state index is 0.131. The Morgan fingerprint density at radius 2 is 1.77 bits per heavy atom. The monoisotopic (exact) mass is 440 g/mol. The lowest BCUT2D eigenvalue weighted by molar-refractivity contribution is -0.123. The van der Waals surface area contributed by atoms with E-state index in [4.69, 9.17) is 11.6 Å². The SMILES string of the molecule is O=C(NC1CCCC1)C(c1ccccc1)N(C(=O)c1csnn1)c1ccc(Cl)cc1. The van der Waals surface area contributed by atoms with Crippen LogP contribution in [0.1, 0.15) is 47.8 Å². The summed E-state index contributed by atoms with van der Waals surface area (Å²) in [7, 11) is 0. The van der Waals surface area contributed by atoms with Gasteiger partial charge in [0.05, 0.1) is 0 Å². The van der Waals surface area contributed by atoms with Crippen molar-refractivity contribution in [3.05, 3.63) is 76.3 Å². The van der Waals surface area contributed by atoms with E-state index in [1.54, 1.807) is 29.6 Å². The first kappa shape index (κ1) is 20.5. The largest absolute Gasteiger partial charge is 0.351 e. The Kier molecular flexibility index (Phi) is 6.40. The minimum Gasteiger partial charge on any atom is -0.351 e. The molecule has 154 valence electrons. The van der Waals surface area contributed by atoms with Crippen molar-refractivity contribution >= 4 is 40.6 Å². The highest BCUT2D eigenvalue weighted by atomic mass is 35.5. The lowest BCUT2D eigenvalue weighted by Gasteiger charge is -2.31. The van der Waals surface area contributed by atoms with Gasteiger partial charge in [0.25, 0.3) is 5.91 Å². The maximum atomic E-state index is 13.5. The summed E-state index contributed by atoms with van der Waals surface area (Å²) in [5.74, 6) is -0.596. The fourth-order valence-electron chi connectivity index (χ4n) is 3.77. The lowest BCUT2D eigenvalue weighted by atomic mass is 10.0. The molecule has 3 aromatic rings. The van der Waals surface area contributed by atoms with E-state index >= 15 is 0 Å². The third-order valence-electron chi connectivity index (χ3n) is 5.23. The second-order valence-electron chi connectivity index (χ2n) is 7.24. The van der Waals surface area contributed by atoms with Gasteiger partial charge in [0.1, 0.15) is 6.04 Å². The number of nitrogens with zero attached hydrogens (tertiary/aromatic N) is 3. The van der Waals surface area contributed by atoms with Crippen LogP contribution in [0, 0.1) is 0 Å². The standard InChI is InChI=1S/C22H21ClN4O2S/c23-16-10-12-18(13-11-16)27(22(29)19-14-30-26-25-19)20(15-6-2-1-3-7-15)21(28)24-17-8-4-5-9-17/h1-3,6-7,10-14,17,20H,4-5,8-9H2,(H,24,28). The number of anilines is 1. The van der Waals surface area contributed by atoms with E-state index in [-0.39, 0.29) is 23.6 Å². The van der Waals surface area contributed by atoms with Crippen LogP contribution in [0.5, 0.6) is 0 Å². The van der Waals surface area contributed by atoms with Crippen molar-refractivity contribution in [3.63, 3.8) is 0 Å². The molecule has 1 unspecified atom stereocenters. The fourth-order valence-corrected chi connectivity index (χ4v) is 4.33. The van der Waals surface area contributed by atoms with Gasteiger partial charge in [-0.15, -0.1) is 5.10 Å². The molecule has 6 nitrogen and oxygen atoms in total. The molecule has 1 saturated carbocycles. The number of aromatic nitrogens is 2. The van der Waals surface area contributed by atoms with E-state index in [0.29, 0.717) is 10.7 Å². The molecule has 1 aliphatic rings. The number of hydrogen-bond acceptors (Lipinski definition) is 5. The molecule has 0 spiro atoms. The number of benzene rings is 2. The van der Waals surface area contributed by atoms with Gasteiger partial charge in [-0.3, -0.25) is 14.5 Å². The average molecular weight is 441 g/mol. The van der Waals surface area contributed by atoms with Crippen LogP contribution in [0.3, 0.4) is 0 Å². The number of hydrogen-bond donors (Lipinski definition) is 1. The molecule has 2 aromatic carbocycles. The summed E-state index contributed by atoms with van der Waals surface area (Å²) in [5, 5.41) is 9.22. The molecule has 30 heavy (non-hydrogen) atoms. The first-order valence-corrected chi connectivity index (χ1v) is 11.1. The average Bonchev–Trinajstić information content (AvgIpc) is 3.47. The second kappa shape index (κ2) is 9.36. The molecule has 0 saturated heterocycles. The Morgan fingerprint density at radius 3 is 2.40 bits per heavy atom. The van der Waals surface area contributed by atoms with Crippen LogP contribution >= 0.6 is 23.1 Å². The number of nitrogens with one attached hydrogen (secondary N) is 1. The van der Waals surface area contributed by atoms with Gasteiger partial charge >= 0.3 is 0 Å². The van der Waals surface area contributed by atoms with Gasteiger partial charge in [-0.25, -0.2) is 0 Å². The van der Waals surface area contributed by atoms with Crippen LogP contribution in [0.25, 0.3) is 0 Å². The van der Waals surface area contributed by atoms with Crippen molar-refractivity contribution in [2.45, 2.75) is 37.8 Å². The fraction of sp³-hybridized carbons (Fsp3) is 0.273. The van der Waals surface area contributed by atoms with E-state index in [2.05, 4.69) is 14.9 Å². The normalized spacial score (nSPS) is 15.0. The molecule has 0 bridgehead atoms. The Hall–Kier alpha value is -2.77. The van der Waals surface area contributed by atoms with Gasteiger partial charge in [-0.2, -0.15) is 0 Å². The van der Waals surface area contributed by atoms with E-state index in [0.717, 1.165) is 42.8 Å². The van der Waals surface area contributed by atoms with Gasteiger partial charge in [0.2, 0.25) is 5.91 Å². The van der Waals surface area contributed by atoms with E-state index in [9.17, 15) is 9.59 Å². The van der Waals surface area contributed by atoms with Crippen LogP contribution in [0.15, 0.2) is 60.0 Å². The molecule has 1 atom stereocenters. The summed E-state index contributed by atoms with van der Waals surface area (Å²) in [6, 6.07) is 15.5. The third-order valence-corrected chi connectivity index (χ3v) is 5.98. The zero-order valence-corrected chi connectivity index (χ0v) is 17.8. The topological polar surface area (TPSA) is 75.2 Å². The van der Waals surface area contributed by atoms with Gasteiger partial charge < -0.3 is 5.32 Å². The van der Waals surface area contributed by atoms with Crippen LogP contribution in [-0.2, 0) is 4.79 Å². The summed E-state index contributed by atoms with van der Waals surface area (Å²) < 4.78 is 3.82. The second-order valence-corrected chi connectivity index (χ2v) is 8.29. The highest BCUT2D eigenvalue weighted by molar-refractivity contribution is 7.03. The number of rotatable bonds is 6. The summed E-state index contributed by atoms with van der Waals surface area (Å²) in [6.07, 6.45) is 4.12. The number of halogens is 1. The van der Waals surface area contributed by atoms with Gasteiger partial charge in [0, 0.05) is 22.1 Å². The molecule has 0 aliphatic heterocycles. The number of amides is 2. The number of carbonyl (C=O) groups excluding carboxylic acids is 2. The van der Waals surface area contributed by atoms with Crippen molar-refractivity contribution in [1.82, 2.24) is 14.9 Å². The first-order valence-electron chi connectivity index (χ1n) is 9.85. The Bertz CT molecular complexity index is 990.